The number of carbonyl (C=O) groups excluding carboxylic acids is 2. The van der Waals surface area contributed by atoms with Gasteiger partial charge in [0.05, 0.1) is 18.8 Å². The zero-order valence-corrected chi connectivity index (χ0v) is 13.3. The van der Waals surface area contributed by atoms with Crippen LogP contribution in [0.4, 0.5) is 5.69 Å². The summed E-state index contributed by atoms with van der Waals surface area (Å²) in [7, 11) is 0. The third-order valence-electron chi connectivity index (χ3n) is 3.40. The van der Waals surface area contributed by atoms with Crippen molar-refractivity contribution in [1.82, 2.24) is 0 Å². The Morgan fingerprint density at radius 1 is 1.12 bits per heavy atom. The first-order chi connectivity index (χ1) is 12.1. The second-order valence-corrected chi connectivity index (χ2v) is 5.28. The smallest absolute Gasteiger partial charge is 0.339 e. The van der Waals surface area contributed by atoms with Crippen LogP contribution in [0.25, 0.3) is 0 Å². The number of nitrogens with zero attached hydrogens (tertiary/aromatic N) is 1. The third-order valence-corrected chi connectivity index (χ3v) is 3.40. The number of pyridine rings is 1. The Balaban J connectivity index is 1.55. The molecule has 8 heteroatoms. The second-order valence-electron chi connectivity index (χ2n) is 5.28. The van der Waals surface area contributed by atoms with E-state index in [-0.39, 0.29) is 5.56 Å². The van der Waals surface area contributed by atoms with Gasteiger partial charge in [0.15, 0.2) is 30.5 Å². The Bertz CT molecular complexity index is 775. The summed E-state index contributed by atoms with van der Waals surface area (Å²) in [5, 5.41) is 13.5. The van der Waals surface area contributed by atoms with Crippen molar-refractivity contribution >= 4 is 17.6 Å². The molecular formula is C17H16N2O6. The van der Waals surface area contributed by atoms with Crippen LogP contribution in [-0.2, 0) is 9.53 Å². The van der Waals surface area contributed by atoms with Crippen molar-refractivity contribution in [2.75, 3.05) is 25.1 Å². The predicted octanol–water partition coefficient (Wildman–Crippen LogP) is 1.28. The minimum absolute atomic E-state index is 0.190. The van der Waals surface area contributed by atoms with Gasteiger partial charge in [-0.3, -0.25) is 4.79 Å². The average molecular weight is 344 g/mol. The number of hydrogen-bond donors (Lipinski definition) is 1. The number of hydrogen-bond acceptors (Lipinski definition) is 6. The number of esters is 1. The molecule has 1 N–H and O–H groups in total. The summed E-state index contributed by atoms with van der Waals surface area (Å²) in [6.07, 6.45) is 3.14. The highest BCUT2D eigenvalue weighted by molar-refractivity contribution is 5.95. The van der Waals surface area contributed by atoms with Crippen LogP contribution in [0.15, 0.2) is 42.7 Å². The summed E-state index contributed by atoms with van der Waals surface area (Å²) in [4.78, 5) is 23.7. The van der Waals surface area contributed by atoms with E-state index in [0.717, 1.165) is 6.42 Å². The molecule has 0 atom stereocenters. The van der Waals surface area contributed by atoms with Crippen molar-refractivity contribution < 1.29 is 28.5 Å². The number of anilines is 1. The van der Waals surface area contributed by atoms with Crippen molar-refractivity contribution in [3.05, 3.63) is 53.5 Å². The molecule has 1 aliphatic rings. The second kappa shape index (κ2) is 7.52. The van der Waals surface area contributed by atoms with Crippen LogP contribution in [0.1, 0.15) is 16.8 Å². The van der Waals surface area contributed by atoms with Gasteiger partial charge in [-0.1, -0.05) is 0 Å². The van der Waals surface area contributed by atoms with Gasteiger partial charge < -0.3 is 24.7 Å². The molecule has 0 spiro atoms. The number of carbonyl (C=O) groups is 2. The monoisotopic (exact) mass is 344 g/mol. The van der Waals surface area contributed by atoms with E-state index in [2.05, 4.69) is 5.32 Å². The highest BCUT2D eigenvalue weighted by Gasteiger charge is 2.14. The van der Waals surface area contributed by atoms with Gasteiger partial charge in [0.1, 0.15) is 0 Å². The lowest BCUT2D eigenvalue weighted by molar-refractivity contribution is -0.605. The van der Waals surface area contributed by atoms with E-state index in [0.29, 0.717) is 35.1 Å². The Morgan fingerprint density at radius 2 is 1.84 bits per heavy atom. The quantitative estimate of drug-likeness (QED) is 0.509. The summed E-state index contributed by atoms with van der Waals surface area (Å²) in [5.41, 5.74) is 0.702. The number of aromatic nitrogens is 1. The Hall–Kier alpha value is -3.29. The van der Waals surface area contributed by atoms with E-state index in [1.165, 1.54) is 24.5 Å². The molecule has 1 aromatic heterocycles. The number of fused-ring (bicyclic) bond motifs is 1. The van der Waals surface area contributed by atoms with Crippen molar-refractivity contribution in [2.45, 2.75) is 6.42 Å². The molecule has 25 heavy (non-hydrogen) atoms. The Morgan fingerprint density at radius 3 is 2.60 bits per heavy atom. The van der Waals surface area contributed by atoms with Crippen molar-refractivity contribution in [3.8, 4) is 11.5 Å². The van der Waals surface area contributed by atoms with Crippen LogP contribution < -0.4 is 19.5 Å². The summed E-state index contributed by atoms with van der Waals surface area (Å²) >= 11 is 0. The molecule has 2 aromatic rings. The minimum Gasteiger partial charge on any atom is -0.619 e. The molecule has 1 aromatic carbocycles. The molecule has 0 fully saturated rings. The zero-order valence-electron chi connectivity index (χ0n) is 13.3. The lowest BCUT2D eigenvalue weighted by Gasteiger charge is -2.10. The van der Waals surface area contributed by atoms with Gasteiger partial charge >= 0.3 is 5.97 Å². The van der Waals surface area contributed by atoms with Gasteiger partial charge in [0, 0.05) is 30.3 Å². The molecule has 0 saturated carbocycles. The average Bonchev–Trinajstić information content (AvgIpc) is 2.85. The third kappa shape index (κ3) is 4.37. The maximum absolute atomic E-state index is 11.9. The minimum atomic E-state index is -0.686. The fourth-order valence-corrected chi connectivity index (χ4v) is 2.20. The fraction of sp³-hybridized carbons (Fsp3) is 0.235. The van der Waals surface area contributed by atoms with Crippen LogP contribution in [-0.4, -0.2) is 31.7 Å². The molecule has 0 radical (unpaired) electrons. The first kappa shape index (κ1) is 16.6. The standard InChI is InChI=1S/C17H16N2O6/c20-16(11-25-17(21)12-4-6-19(22)7-5-12)18-13-2-3-14-15(10-13)24-9-1-8-23-14/h2-7,10H,1,8-9,11H2,(H,18,20). The van der Waals surface area contributed by atoms with Gasteiger partial charge in [0.2, 0.25) is 0 Å². The van der Waals surface area contributed by atoms with Gasteiger partial charge in [-0.05, 0) is 12.1 Å². The lowest BCUT2D eigenvalue weighted by Crippen LogP contribution is -2.25. The van der Waals surface area contributed by atoms with Crippen molar-refractivity contribution in [2.24, 2.45) is 0 Å². The van der Waals surface area contributed by atoms with Crippen LogP contribution in [0.5, 0.6) is 11.5 Å². The van der Waals surface area contributed by atoms with E-state index in [1.54, 1.807) is 18.2 Å². The summed E-state index contributed by atoms with van der Waals surface area (Å²) < 4.78 is 16.5. The van der Waals surface area contributed by atoms with E-state index in [1.807, 2.05) is 0 Å². The molecule has 3 rings (SSSR count). The topological polar surface area (TPSA) is 101 Å². The number of rotatable bonds is 4. The number of ether oxygens (including phenoxy) is 3. The summed E-state index contributed by atoms with van der Waals surface area (Å²) in [6.45, 7) is 0.683. The van der Waals surface area contributed by atoms with Crippen LogP contribution in [0.3, 0.4) is 0 Å². The molecular weight excluding hydrogens is 328 g/mol. The van der Waals surface area contributed by atoms with E-state index in [9.17, 15) is 14.8 Å². The summed E-state index contributed by atoms with van der Waals surface area (Å²) in [5.74, 6) is 0.0104. The van der Waals surface area contributed by atoms with Crippen LogP contribution >= 0.6 is 0 Å². The molecule has 8 nitrogen and oxygen atoms in total. The number of amides is 1. The highest BCUT2D eigenvalue weighted by atomic mass is 16.5. The van der Waals surface area contributed by atoms with E-state index < -0.39 is 18.5 Å². The van der Waals surface area contributed by atoms with E-state index >= 15 is 0 Å². The Kier molecular flexibility index (Phi) is 4.98. The van der Waals surface area contributed by atoms with Crippen molar-refractivity contribution in [1.29, 1.82) is 0 Å². The first-order valence-corrected chi connectivity index (χ1v) is 7.67. The van der Waals surface area contributed by atoms with Crippen LogP contribution in [0, 0.1) is 5.21 Å². The number of benzene rings is 1. The summed E-state index contributed by atoms with van der Waals surface area (Å²) in [6, 6.07) is 7.68. The maximum Gasteiger partial charge on any atom is 0.339 e. The molecule has 0 bridgehead atoms. The molecule has 2 heterocycles. The van der Waals surface area contributed by atoms with Gasteiger partial charge in [-0.2, -0.15) is 4.73 Å². The molecule has 0 aliphatic carbocycles. The van der Waals surface area contributed by atoms with Gasteiger partial charge in [0.25, 0.3) is 5.91 Å². The Labute approximate surface area is 143 Å². The predicted molar refractivity (Wildman–Crippen MR) is 86.4 cm³/mol. The van der Waals surface area contributed by atoms with Gasteiger partial charge in [-0.25, -0.2) is 4.79 Å². The maximum atomic E-state index is 11.9. The molecule has 1 aliphatic heterocycles. The fourth-order valence-electron chi connectivity index (χ4n) is 2.20. The highest BCUT2D eigenvalue weighted by Crippen LogP contribution is 2.32. The van der Waals surface area contributed by atoms with Gasteiger partial charge in [-0.15, -0.1) is 0 Å². The molecule has 0 saturated heterocycles. The molecule has 130 valence electrons. The normalized spacial score (nSPS) is 12.8. The molecule has 0 unspecified atom stereocenters. The lowest BCUT2D eigenvalue weighted by atomic mass is 10.2. The molecule has 1 amide bonds. The SMILES string of the molecule is O=C(COC(=O)c1cc[n+]([O-])cc1)Nc1ccc2c(c1)OCCCO2. The first-order valence-electron chi connectivity index (χ1n) is 7.67. The largest absolute Gasteiger partial charge is 0.619 e. The van der Waals surface area contributed by atoms with E-state index in [4.69, 9.17) is 14.2 Å². The number of nitrogens with one attached hydrogen (secondary N) is 1. The van der Waals surface area contributed by atoms with Crippen molar-refractivity contribution in [3.63, 3.8) is 0 Å². The van der Waals surface area contributed by atoms with Crippen LogP contribution in [0.2, 0.25) is 0 Å². The zero-order chi connectivity index (χ0) is 17.6.